The van der Waals surface area contributed by atoms with E-state index in [2.05, 4.69) is 5.32 Å². The van der Waals surface area contributed by atoms with Crippen LogP contribution in [0.4, 0.5) is 4.79 Å². The first-order valence-electron chi connectivity index (χ1n) is 5.01. The predicted octanol–water partition coefficient (Wildman–Crippen LogP) is 0.251. The quantitative estimate of drug-likeness (QED) is 0.599. The van der Waals surface area contributed by atoms with E-state index < -0.39 is 17.9 Å². The number of carbonyl (C=O) groups excluding carboxylic acids is 2. The highest BCUT2D eigenvalue weighted by Crippen LogP contribution is 2.32. The summed E-state index contributed by atoms with van der Waals surface area (Å²) in [5.41, 5.74) is 0. The van der Waals surface area contributed by atoms with Crippen molar-refractivity contribution in [1.82, 2.24) is 10.6 Å². The Morgan fingerprint density at radius 2 is 1.94 bits per heavy atom. The van der Waals surface area contributed by atoms with Crippen LogP contribution in [0.3, 0.4) is 0 Å². The van der Waals surface area contributed by atoms with Crippen molar-refractivity contribution in [3.63, 3.8) is 0 Å². The first kappa shape index (κ1) is 12.2. The molecule has 0 aromatic heterocycles. The summed E-state index contributed by atoms with van der Waals surface area (Å²) in [6, 6.07) is -0.560. The Balaban J connectivity index is 2.27. The molecule has 0 bridgehead atoms. The minimum Gasteiger partial charge on any atom is -0.478 e. The van der Waals surface area contributed by atoms with Gasteiger partial charge in [-0.1, -0.05) is 0 Å². The van der Waals surface area contributed by atoms with E-state index in [0.29, 0.717) is 12.0 Å². The molecule has 1 fully saturated rings. The van der Waals surface area contributed by atoms with Gasteiger partial charge in [-0.25, -0.2) is 9.59 Å². The van der Waals surface area contributed by atoms with Crippen molar-refractivity contribution < 1.29 is 19.5 Å². The lowest BCUT2D eigenvalue weighted by molar-refractivity contribution is -0.131. The van der Waals surface area contributed by atoms with Crippen LogP contribution in [0.1, 0.15) is 19.8 Å². The molecular weight excluding hydrogens is 212 g/mol. The number of rotatable bonds is 4. The van der Waals surface area contributed by atoms with E-state index in [9.17, 15) is 14.4 Å². The van der Waals surface area contributed by atoms with E-state index in [1.54, 1.807) is 0 Å². The minimum atomic E-state index is -1.23. The van der Waals surface area contributed by atoms with Gasteiger partial charge in [-0.2, -0.15) is 0 Å². The molecule has 1 saturated carbocycles. The molecule has 88 valence electrons. The summed E-state index contributed by atoms with van der Waals surface area (Å²) in [6.45, 7) is 1.87. The van der Waals surface area contributed by atoms with Gasteiger partial charge in [0.1, 0.15) is 0 Å². The van der Waals surface area contributed by atoms with E-state index in [4.69, 9.17) is 5.11 Å². The van der Waals surface area contributed by atoms with Gasteiger partial charge in [0.2, 0.25) is 0 Å². The van der Waals surface area contributed by atoms with E-state index in [1.165, 1.54) is 0 Å². The third-order valence-electron chi connectivity index (χ3n) is 2.30. The van der Waals surface area contributed by atoms with Gasteiger partial charge in [-0.15, -0.1) is 0 Å². The highest BCUT2D eigenvalue weighted by atomic mass is 16.4. The maximum absolute atomic E-state index is 11.2. The first-order chi connectivity index (χ1) is 7.49. The smallest absolute Gasteiger partial charge is 0.328 e. The Bertz CT molecular complexity index is 334. The van der Waals surface area contributed by atoms with Crippen LogP contribution in [0, 0.1) is 5.92 Å². The van der Waals surface area contributed by atoms with Gasteiger partial charge >= 0.3 is 12.0 Å². The molecule has 0 aromatic rings. The zero-order valence-corrected chi connectivity index (χ0v) is 8.90. The maximum atomic E-state index is 11.2. The van der Waals surface area contributed by atoms with Gasteiger partial charge in [0.25, 0.3) is 5.91 Å². The molecule has 3 N–H and O–H groups in total. The van der Waals surface area contributed by atoms with E-state index in [0.717, 1.165) is 18.9 Å². The van der Waals surface area contributed by atoms with Crippen molar-refractivity contribution >= 4 is 17.9 Å². The molecule has 1 unspecified atom stereocenters. The van der Waals surface area contributed by atoms with Crippen LogP contribution in [0.2, 0.25) is 0 Å². The summed E-state index contributed by atoms with van der Waals surface area (Å²) >= 11 is 0. The zero-order chi connectivity index (χ0) is 12.1. The molecule has 3 amide bonds. The lowest BCUT2D eigenvalue weighted by atomic mass is 10.2. The summed E-state index contributed by atoms with van der Waals surface area (Å²) in [4.78, 5) is 32.3. The lowest BCUT2D eigenvalue weighted by Gasteiger charge is -2.11. The molecule has 0 radical (unpaired) electrons. The number of imide groups is 1. The monoisotopic (exact) mass is 226 g/mol. The summed E-state index contributed by atoms with van der Waals surface area (Å²) in [5.74, 6) is -1.49. The molecule has 1 aliphatic rings. The second-order valence-corrected chi connectivity index (χ2v) is 3.76. The van der Waals surface area contributed by atoms with Crippen LogP contribution in [0.5, 0.6) is 0 Å². The Kier molecular flexibility index (Phi) is 4.04. The number of hydrogen-bond acceptors (Lipinski definition) is 3. The standard InChI is InChI=1S/C10H14N2O4/c1-6(7-2-3-7)11-10(16)12-8(13)4-5-9(14)15/h4-7H,2-3H2,1H3,(H,14,15)(H2,11,12,13,16)/b5-4+. The molecule has 0 aliphatic heterocycles. The van der Waals surface area contributed by atoms with Gasteiger partial charge in [0.05, 0.1) is 0 Å². The molecule has 1 aliphatic carbocycles. The summed E-state index contributed by atoms with van der Waals surface area (Å²) in [7, 11) is 0. The Morgan fingerprint density at radius 1 is 1.31 bits per heavy atom. The van der Waals surface area contributed by atoms with E-state index in [1.807, 2.05) is 12.2 Å². The molecular formula is C10H14N2O4. The lowest BCUT2D eigenvalue weighted by Crippen LogP contribution is -2.43. The van der Waals surface area contributed by atoms with Crippen LogP contribution in [0.15, 0.2) is 12.2 Å². The number of nitrogens with one attached hydrogen (secondary N) is 2. The molecule has 0 saturated heterocycles. The van der Waals surface area contributed by atoms with Crippen molar-refractivity contribution in [2.75, 3.05) is 0 Å². The van der Waals surface area contributed by atoms with Crippen molar-refractivity contribution in [3.05, 3.63) is 12.2 Å². The van der Waals surface area contributed by atoms with Crippen LogP contribution >= 0.6 is 0 Å². The van der Waals surface area contributed by atoms with Gasteiger partial charge in [-0.3, -0.25) is 10.1 Å². The van der Waals surface area contributed by atoms with E-state index >= 15 is 0 Å². The largest absolute Gasteiger partial charge is 0.478 e. The molecule has 0 heterocycles. The minimum absolute atomic E-state index is 0.0382. The second-order valence-electron chi connectivity index (χ2n) is 3.76. The van der Waals surface area contributed by atoms with E-state index in [-0.39, 0.29) is 6.04 Å². The summed E-state index contributed by atoms with van der Waals surface area (Å²) < 4.78 is 0. The Morgan fingerprint density at radius 3 is 2.44 bits per heavy atom. The summed E-state index contributed by atoms with van der Waals surface area (Å²) in [5, 5.41) is 12.9. The number of carboxylic acid groups (broad SMARTS) is 1. The number of aliphatic carboxylic acids is 1. The van der Waals surface area contributed by atoms with Crippen molar-refractivity contribution in [2.24, 2.45) is 5.92 Å². The highest BCUT2D eigenvalue weighted by molar-refractivity contribution is 6.02. The van der Waals surface area contributed by atoms with Crippen LogP contribution in [-0.2, 0) is 9.59 Å². The fraction of sp³-hybridized carbons (Fsp3) is 0.500. The average molecular weight is 226 g/mol. The number of carboxylic acids is 1. The summed E-state index contributed by atoms with van der Waals surface area (Å²) in [6.07, 6.45) is 3.65. The number of urea groups is 1. The van der Waals surface area contributed by atoms with Gasteiger partial charge < -0.3 is 10.4 Å². The predicted molar refractivity (Wildman–Crippen MR) is 55.6 cm³/mol. The number of hydrogen-bond donors (Lipinski definition) is 3. The highest BCUT2D eigenvalue weighted by Gasteiger charge is 2.28. The van der Waals surface area contributed by atoms with Gasteiger partial charge in [0.15, 0.2) is 0 Å². The maximum Gasteiger partial charge on any atom is 0.328 e. The molecule has 1 rings (SSSR count). The fourth-order valence-corrected chi connectivity index (χ4v) is 1.26. The molecule has 6 heteroatoms. The van der Waals surface area contributed by atoms with Gasteiger partial charge in [-0.05, 0) is 25.7 Å². The molecule has 16 heavy (non-hydrogen) atoms. The third kappa shape index (κ3) is 4.59. The average Bonchev–Trinajstić information content (AvgIpc) is 2.97. The zero-order valence-electron chi connectivity index (χ0n) is 8.90. The van der Waals surface area contributed by atoms with Crippen LogP contribution < -0.4 is 10.6 Å². The van der Waals surface area contributed by atoms with Crippen molar-refractivity contribution in [2.45, 2.75) is 25.8 Å². The Hall–Kier alpha value is -1.85. The SMILES string of the molecule is CC(NC(=O)NC(=O)/C=C/C(=O)O)C1CC1. The van der Waals surface area contributed by atoms with Crippen molar-refractivity contribution in [3.8, 4) is 0 Å². The molecule has 6 nitrogen and oxygen atoms in total. The first-order valence-corrected chi connectivity index (χ1v) is 5.01. The van der Waals surface area contributed by atoms with Crippen LogP contribution in [0.25, 0.3) is 0 Å². The normalized spacial score (nSPS) is 16.8. The van der Waals surface area contributed by atoms with Gasteiger partial charge in [0, 0.05) is 18.2 Å². The molecule has 1 atom stereocenters. The van der Waals surface area contributed by atoms with Crippen molar-refractivity contribution in [1.29, 1.82) is 0 Å². The molecule has 0 spiro atoms. The Labute approximate surface area is 92.7 Å². The second kappa shape index (κ2) is 5.29. The third-order valence-corrected chi connectivity index (χ3v) is 2.30. The number of amides is 3. The topological polar surface area (TPSA) is 95.5 Å². The van der Waals surface area contributed by atoms with Crippen LogP contribution in [-0.4, -0.2) is 29.1 Å². The number of carbonyl (C=O) groups is 3. The molecule has 0 aromatic carbocycles. The fourth-order valence-electron chi connectivity index (χ4n) is 1.26.